The van der Waals surface area contributed by atoms with Gasteiger partial charge in [0.2, 0.25) is 10.0 Å². The van der Waals surface area contributed by atoms with Gasteiger partial charge in [-0.25, -0.2) is 18.0 Å². The maximum absolute atomic E-state index is 12.0. The third-order valence-electron chi connectivity index (χ3n) is 3.23. The van der Waals surface area contributed by atoms with E-state index < -0.39 is 27.5 Å². The summed E-state index contributed by atoms with van der Waals surface area (Å²) in [6, 6.07) is 6.66. The van der Waals surface area contributed by atoms with Gasteiger partial charge >= 0.3 is 5.97 Å². The zero-order valence-electron chi connectivity index (χ0n) is 16.0. The molecule has 0 saturated heterocycles. The number of ether oxygens (including phenoxy) is 2. The third-order valence-corrected chi connectivity index (χ3v) is 3.83. The van der Waals surface area contributed by atoms with Crippen LogP contribution in [0.1, 0.15) is 25.5 Å². The van der Waals surface area contributed by atoms with Crippen LogP contribution in [0.5, 0.6) is 0 Å². The second kappa shape index (κ2) is 11.9. The molecule has 0 bridgehead atoms. The van der Waals surface area contributed by atoms with Crippen LogP contribution in [0.2, 0.25) is 0 Å². The largest absolute Gasteiger partial charge is 0.454 e. The number of benzene rings is 1. The number of hydrogen-bond acceptors (Lipinski definition) is 10. The molecule has 0 aliphatic heterocycles. The summed E-state index contributed by atoms with van der Waals surface area (Å²) in [6.45, 7) is 3.71. The highest BCUT2D eigenvalue weighted by atomic mass is 32.2. The Balaban J connectivity index is 2.65. The van der Waals surface area contributed by atoms with Crippen molar-refractivity contribution in [2.45, 2.75) is 26.0 Å². The van der Waals surface area contributed by atoms with Crippen LogP contribution in [-0.2, 0) is 29.1 Å². The zero-order chi connectivity index (χ0) is 21.2. The molecule has 1 aromatic carbocycles. The zero-order valence-corrected chi connectivity index (χ0v) is 16.8. The van der Waals surface area contributed by atoms with Gasteiger partial charge in [0.05, 0.1) is 24.9 Å². The van der Waals surface area contributed by atoms with E-state index in [1.165, 1.54) is 0 Å². The summed E-state index contributed by atoms with van der Waals surface area (Å²) >= 11 is 0. The Morgan fingerprint density at radius 3 is 2.36 bits per heavy atom. The SMILES string of the molecule is CC(C)NCC(OC(=O)COCCON(O)O)c1ccc(NS(C)(=O)=O)cc1. The number of nitrogens with one attached hydrogen (secondary N) is 2. The Morgan fingerprint density at radius 1 is 1.18 bits per heavy atom. The molecular formula is C16H27N3O8S. The van der Waals surface area contributed by atoms with E-state index in [1.54, 1.807) is 24.3 Å². The maximum atomic E-state index is 12.0. The van der Waals surface area contributed by atoms with E-state index in [4.69, 9.17) is 19.9 Å². The molecule has 0 saturated carbocycles. The van der Waals surface area contributed by atoms with E-state index in [-0.39, 0.29) is 25.9 Å². The second-order valence-corrected chi connectivity index (χ2v) is 7.92. The van der Waals surface area contributed by atoms with Gasteiger partial charge in [-0.05, 0) is 17.7 Å². The van der Waals surface area contributed by atoms with E-state index in [2.05, 4.69) is 14.9 Å². The lowest BCUT2D eigenvalue weighted by Gasteiger charge is -2.21. The molecule has 4 N–H and O–H groups in total. The van der Waals surface area contributed by atoms with Crippen LogP contribution >= 0.6 is 0 Å². The number of hydrogen-bond donors (Lipinski definition) is 4. The molecule has 0 spiro atoms. The molecule has 12 heteroatoms. The summed E-state index contributed by atoms with van der Waals surface area (Å²) in [4.78, 5) is 16.3. The fourth-order valence-electron chi connectivity index (χ4n) is 2.08. The topological polar surface area (TPSA) is 147 Å². The Morgan fingerprint density at radius 2 is 1.82 bits per heavy atom. The normalized spacial score (nSPS) is 13.0. The minimum Gasteiger partial charge on any atom is -0.454 e. The Hall–Kier alpha value is -1.80. The number of rotatable bonds is 13. The fraction of sp³-hybridized carbons (Fsp3) is 0.562. The summed E-state index contributed by atoms with van der Waals surface area (Å²) in [6.07, 6.45) is 0.453. The third kappa shape index (κ3) is 11.1. The van der Waals surface area contributed by atoms with Crippen molar-refractivity contribution >= 4 is 21.7 Å². The van der Waals surface area contributed by atoms with Crippen molar-refractivity contribution in [1.29, 1.82) is 0 Å². The van der Waals surface area contributed by atoms with Crippen molar-refractivity contribution in [2.24, 2.45) is 0 Å². The average Bonchev–Trinajstić information content (AvgIpc) is 2.57. The fourth-order valence-corrected chi connectivity index (χ4v) is 2.64. The summed E-state index contributed by atoms with van der Waals surface area (Å²) in [7, 11) is -3.38. The van der Waals surface area contributed by atoms with Gasteiger partial charge in [0.1, 0.15) is 12.7 Å². The van der Waals surface area contributed by atoms with Crippen LogP contribution in [0.25, 0.3) is 0 Å². The van der Waals surface area contributed by atoms with Crippen molar-refractivity contribution in [3.05, 3.63) is 29.8 Å². The molecule has 1 rings (SSSR count). The smallest absolute Gasteiger partial charge is 0.332 e. The van der Waals surface area contributed by atoms with E-state index in [0.29, 0.717) is 17.8 Å². The summed E-state index contributed by atoms with van der Waals surface area (Å²) in [5.41, 5.74) is 1.08. The van der Waals surface area contributed by atoms with Crippen LogP contribution < -0.4 is 10.0 Å². The number of esters is 1. The van der Waals surface area contributed by atoms with Gasteiger partial charge in [-0.3, -0.25) is 15.1 Å². The van der Waals surface area contributed by atoms with Crippen LogP contribution in [0, 0.1) is 0 Å². The molecule has 0 aliphatic carbocycles. The van der Waals surface area contributed by atoms with Crippen molar-refractivity contribution in [3.8, 4) is 0 Å². The number of carbonyl (C=O) groups is 1. The highest BCUT2D eigenvalue weighted by molar-refractivity contribution is 7.92. The molecule has 0 fully saturated rings. The summed E-state index contributed by atoms with van der Waals surface area (Å²) in [5.74, 6) is -0.612. The number of carbonyl (C=O) groups excluding carboxylic acids is 1. The van der Waals surface area contributed by atoms with Gasteiger partial charge in [0.25, 0.3) is 0 Å². The van der Waals surface area contributed by atoms with Gasteiger partial charge in [-0.2, -0.15) is 0 Å². The first-order chi connectivity index (χ1) is 13.1. The molecule has 1 atom stereocenters. The molecule has 0 heterocycles. The Labute approximate surface area is 164 Å². The molecular weight excluding hydrogens is 394 g/mol. The lowest BCUT2D eigenvalue weighted by Crippen LogP contribution is -2.31. The molecule has 1 aromatic rings. The van der Waals surface area contributed by atoms with E-state index in [9.17, 15) is 13.2 Å². The van der Waals surface area contributed by atoms with Crippen molar-refractivity contribution in [3.63, 3.8) is 0 Å². The van der Waals surface area contributed by atoms with Crippen LogP contribution in [0.3, 0.4) is 0 Å². The van der Waals surface area contributed by atoms with Crippen molar-refractivity contribution < 1.29 is 37.9 Å². The highest BCUT2D eigenvalue weighted by Gasteiger charge is 2.18. The molecule has 1 unspecified atom stereocenters. The number of sulfonamides is 1. The molecule has 28 heavy (non-hydrogen) atoms. The van der Waals surface area contributed by atoms with Crippen molar-refractivity contribution in [1.82, 2.24) is 10.7 Å². The van der Waals surface area contributed by atoms with Gasteiger partial charge in [-0.15, -0.1) is 0 Å². The van der Waals surface area contributed by atoms with Gasteiger partial charge in [0, 0.05) is 18.3 Å². The number of anilines is 1. The number of nitrogens with zero attached hydrogens (tertiary/aromatic N) is 1. The predicted octanol–water partition coefficient (Wildman–Crippen LogP) is 0.669. The summed E-state index contributed by atoms with van der Waals surface area (Å²) in [5, 5.41) is 19.5. The molecule has 0 aromatic heterocycles. The minimum atomic E-state index is -3.38. The molecule has 160 valence electrons. The first-order valence-electron chi connectivity index (χ1n) is 8.46. The van der Waals surface area contributed by atoms with Crippen LogP contribution in [-0.4, -0.2) is 68.9 Å². The van der Waals surface area contributed by atoms with Gasteiger partial charge < -0.3 is 14.8 Å². The average molecular weight is 421 g/mol. The molecule has 0 aliphatic rings. The molecule has 0 radical (unpaired) electrons. The van der Waals surface area contributed by atoms with E-state index in [0.717, 1.165) is 6.26 Å². The Kier molecular flexibility index (Phi) is 10.3. The van der Waals surface area contributed by atoms with E-state index in [1.807, 2.05) is 13.8 Å². The Bertz CT molecular complexity index is 694. The van der Waals surface area contributed by atoms with Crippen LogP contribution in [0.4, 0.5) is 5.69 Å². The quantitative estimate of drug-likeness (QED) is 0.203. The van der Waals surface area contributed by atoms with Gasteiger partial charge in [-0.1, -0.05) is 26.0 Å². The lowest BCUT2D eigenvalue weighted by molar-refractivity contribution is -0.493. The first-order valence-corrected chi connectivity index (χ1v) is 10.3. The molecule has 0 amide bonds. The second-order valence-electron chi connectivity index (χ2n) is 6.18. The summed E-state index contributed by atoms with van der Waals surface area (Å²) < 4.78 is 35.4. The maximum Gasteiger partial charge on any atom is 0.332 e. The minimum absolute atomic E-state index is 0.0481. The molecule has 11 nitrogen and oxygen atoms in total. The highest BCUT2D eigenvalue weighted by Crippen LogP contribution is 2.20. The van der Waals surface area contributed by atoms with Crippen molar-refractivity contribution in [2.75, 3.05) is 37.3 Å². The standard InChI is InChI=1S/C16H27N3O8S/c1-12(2)17-10-15(27-16(20)11-25-8-9-26-19(21)22)13-4-6-14(7-5-13)18-28(3,23)24/h4-7,12,15,17-18,21-22H,8-11H2,1-3H3. The predicted molar refractivity (Wildman–Crippen MR) is 99.1 cm³/mol. The monoisotopic (exact) mass is 421 g/mol. The lowest BCUT2D eigenvalue weighted by atomic mass is 10.1. The van der Waals surface area contributed by atoms with Crippen LogP contribution in [0.15, 0.2) is 24.3 Å². The first kappa shape index (κ1) is 24.2. The van der Waals surface area contributed by atoms with E-state index >= 15 is 0 Å². The van der Waals surface area contributed by atoms with Gasteiger partial charge in [0.15, 0.2) is 0 Å².